The van der Waals surface area contributed by atoms with Crippen LogP contribution >= 0.6 is 0 Å². The van der Waals surface area contributed by atoms with Crippen LogP contribution in [0.1, 0.15) is 31.2 Å². The average Bonchev–Trinajstić information content (AvgIpc) is 3.35. The van der Waals surface area contributed by atoms with Crippen LogP contribution in [0.5, 0.6) is 5.75 Å². The van der Waals surface area contributed by atoms with Crippen LogP contribution in [0.2, 0.25) is 0 Å². The maximum Gasteiger partial charge on any atom is 0.223 e. The van der Waals surface area contributed by atoms with E-state index < -0.39 is 0 Å². The minimum atomic E-state index is 0.130. The van der Waals surface area contributed by atoms with Crippen molar-refractivity contribution in [3.05, 3.63) is 29.8 Å². The summed E-state index contributed by atoms with van der Waals surface area (Å²) in [6, 6.07) is 8.23. The zero-order chi connectivity index (χ0) is 14.7. The van der Waals surface area contributed by atoms with E-state index in [1.807, 2.05) is 12.1 Å². The summed E-state index contributed by atoms with van der Waals surface area (Å²) in [6.45, 7) is 2.17. The van der Waals surface area contributed by atoms with Crippen LogP contribution in [0.25, 0.3) is 0 Å². The molecule has 4 heteroatoms. The van der Waals surface area contributed by atoms with Crippen molar-refractivity contribution in [3.8, 4) is 5.75 Å². The highest BCUT2D eigenvalue weighted by Crippen LogP contribution is 2.47. The van der Waals surface area contributed by atoms with E-state index in [2.05, 4.69) is 17.4 Å². The number of carbonyl (C=O) groups is 1. The second-order valence-electron chi connectivity index (χ2n) is 6.11. The molecule has 0 spiro atoms. The molecular weight excluding hydrogens is 266 g/mol. The Morgan fingerprint density at radius 3 is 2.52 bits per heavy atom. The molecule has 0 bridgehead atoms. The predicted molar refractivity (Wildman–Crippen MR) is 80.5 cm³/mol. The highest BCUT2D eigenvalue weighted by molar-refractivity contribution is 5.78. The van der Waals surface area contributed by atoms with Crippen molar-refractivity contribution in [2.24, 2.45) is 5.92 Å². The third kappa shape index (κ3) is 3.21. The molecule has 1 N–H and O–H groups in total. The summed E-state index contributed by atoms with van der Waals surface area (Å²) in [5.74, 6) is 1.20. The van der Waals surface area contributed by atoms with Gasteiger partial charge in [0.25, 0.3) is 0 Å². The van der Waals surface area contributed by atoms with Gasteiger partial charge in [0.15, 0.2) is 0 Å². The van der Waals surface area contributed by atoms with Gasteiger partial charge in [0.2, 0.25) is 5.91 Å². The van der Waals surface area contributed by atoms with Crippen molar-refractivity contribution < 1.29 is 14.3 Å². The average molecular weight is 289 g/mol. The van der Waals surface area contributed by atoms with Crippen LogP contribution in [0.15, 0.2) is 24.3 Å². The van der Waals surface area contributed by atoms with Gasteiger partial charge in [-0.25, -0.2) is 0 Å². The van der Waals surface area contributed by atoms with Crippen molar-refractivity contribution in [1.82, 2.24) is 5.32 Å². The molecule has 3 rings (SSSR count). The topological polar surface area (TPSA) is 47.6 Å². The highest BCUT2D eigenvalue weighted by Gasteiger charge is 2.44. The first-order valence-electron chi connectivity index (χ1n) is 7.73. The summed E-state index contributed by atoms with van der Waals surface area (Å²) in [7, 11) is 1.68. The van der Waals surface area contributed by atoms with E-state index in [9.17, 15) is 4.79 Å². The Kier molecular flexibility index (Phi) is 4.15. The van der Waals surface area contributed by atoms with Crippen LogP contribution in [0.3, 0.4) is 0 Å². The number of methoxy groups -OCH3 is 1. The third-order valence-electron chi connectivity index (χ3n) is 4.75. The van der Waals surface area contributed by atoms with Crippen molar-refractivity contribution in [2.75, 3.05) is 26.9 Å². The Bertz CT molecular complexity index is 487. The van der Waals surface area contributed by atoms with E-state index in [4.69, 9.17) is 9.47 Å². The lowest BCUT2D eigenvalue weighted by molar-refractivity contribution is -0.127. The SMILES string of the molecule is COc1ccc(C2(CNC(=O)C3CCOCC3)CC2)cc1. The standard InChI is InChI=1S/C17H23NO3/c1-20-15-4-2-14(3-5-15)17(8-9-17)12-18-16(19)13-6-10-21-11-7-13/h2-5,13H,6-12H2,1H3,(H,18,19). The molecule has 21 heavy (non-hydrogen) atoms. The van der Waals surface area contributed by atoms with Gasteiger partial charge < -0.3 is 14.8 Å². The van der Waals surface area contributed by atoms with Crippen molar-refractivity contribution >= 4 is 5.91 Å². The van der Waals surface area contributed by atoms with Crippen LogP contribution in [0, 0.1) is 5.92 Å². The van der Waals surface area contributed by atoms with Gasteiger partial charge in [-0.2, -0.15) is 0 Å². The molecule has 1 amide bonds. The molecule has 0 atom stereocenters. The molecule has 0 radical (unpaired) electrons. The summed E-state index contributed by atoms with van der Waals surface area (Å²) in [6.07, 6.45) is 3.99. The van der Waals surface area contributed by atoms with Gasteiger partial charge in [-0.3, -0.25) is 4.79 Å². The molecule has 2 aliphatic rings. The maximum atomic E-state index is 12.2. The smallest absolute Gasteiger partial charge is 0.223 e. The fraction of sp³-hybridized carbons (Fsp3) is 0.588. The maximum absolute atomic E-state index is 12.2. The zero-order valence-electron chi connectivity index (χ0n) is 12.6. The Balaban J connectivity index is 1.57. The molecule has 0 aromatic heterocycles. The molecule has 1 aliphatic heterocycles. The lowest BCUT2D eigenvalue weighted by Crippen LogP contribution is -2.38. The number of rotatable bonds is 5. The molecule has 1 saturated heterocycles. The van der Waals surface area contributed by atoms with Gasteiger partial charge in [-0.15, -0.1) is 0 Å². The molecule has 1 heterocycles. The Morgan fingerprint density at radius 2 is 1.95 bits per heavy atom. The summed E-state index contributed by atoms with van der Waals surface area (Å²) < 4.78 is 10.5. The van der Waals surface area contributed by atoms with Gasteiger partial charge in [0.05, 0.1) is 7.11 Å². The Labute approximate surface area is 125 Å². The Morgan fingerprint density at radius 1 is 1.29 bits per heavy atom. The first-order chi connectivity index (χ1) is 10.2. The Hall–Kier alpha value is -1.55. The molecule has 114 valence electrons. The van der Waals surface area contributed by atoms with Gasteiger partial charge in [0, 0.05) is 31.1 Å². The monoisotopic (exact) mass is 289 g/mol. The van der Waals surface area contributed by atoms with E-state index in [1.165, 1.54) is 5.56 Å². The lowest BCUT2D eigenvalue weighted by atomic mass is 9.94. The van der Waals surface area contributed by atoms with E-state index in [0.29, 0.717) is 13.2 Å². The summed E-state index contributed by atoms with van der Waals surface area (Å²) in [4.78, 5) is 12.2. The van der Waals surface area contributed by atoms with Crippen LogP contribution in [0.4, 0.5) is 0 Å². The second-order valence-corrected chi connectivity index (χ2v) is 6.11. The van der Waals surface area contributed by atoms with Gasteiger partial charge >= 0.3 is 0 Å². The largest absolute Gasteiger partial charge is 0.497 e. The first kappa shape index (κ1) is 14.4. The predicted octanol–water partition coefficient (Wildman–Crippen LogP) is 2.27. The second kappa shape index (κ2) is 6.06. The number of hydrogen-bond acceptors (Lipinski definition) is 3. The number of amides is 1. The van der Waals surface area contributed by atoms with E-state index in [-0.39, 0.29) is 17.2 Å². The van der Waals surface area contributed by atoms with Crippen LogP contribution in [-0.4, -0.2) is 32.8 Å². The normalized spacial score (nSPS) is 20.8. The lowest BCUT2D eigenvalue weighted by Gasteiger charge is -2.23. The number of carbonyl (C=O) groups excluding carboxylic acids is 1. The van der Waals surface area contributed by atoms with E-state index >= 15 is 0 Å². The number of ether oxygens (including phenoxy) is 2. The van der Waals surface area contributed by atoms with E-state index in [1.54, 1.807) is 7.11 Å². The van der Waals surface area contributed by atoms with E-state index in [0.717, 1.165) is 38.0 Å². The molecule has 1 aromatic rings. The van der Waals surface area contributed by atoms with Crippen LogP contribution < -0.4 is 10.1 Å². The molecular formula is C17H23NO3. The molecule has 1 aliphatic carbocycles. The first-order valence-corrected chi connectivity index (χ1v) is 7.73. The van der Waals surface area contributed by atoms with Crippen molar-refractivity contribution in [1.29, 1.82) is 0 Å². The highest BCUT2D eigenvalue weighted by atomic mass is 16.5. The summed E-state index contributed by atoms with van der Waals surface area (Å²) >= 11 is 0. The number of nitrogens with one attached hydrogen (secondary N) is 1. The minimum Gasteiger partial charge on any atom is -0.497 e. The molecule has 1 saturated carbocycles. The summed E-state index contributed by atoms with van der Waals surface area (Å²) in [5.41, 5.74) is 1.45. The minimum absolute atomic E-state index is 0.130. The fourth-order valence-corrected chi connectivity index (χ4v) is 3.02. The molecule has 1 aromatic carbocycles. The molecule has 2 fully saturated rings. The fourth-order valence-electron chi connectivity index (χ4n) is 3.02. The van der Waals surface area contributed by atoms with Crippen LogP contribution in [-0.2, 0) is 14.9 Å². The number of hydrogen-bond donors (Lipinski definition) is 1. The number of benzene rings is 1. The van der Waals surface area contributed by atoms with Crippen molar-refractivity contribution in [2.45, 2.75) is 31.1 Å². The third-order valence-corrected chi connectivity index (χ3v) is 4.75. The quantitative estimate of drug-likeness (QED) is 0.904. The molecule has 4 nitrogen and oxygen atoms in total. The zero-order valence-corrected chi connectivity index (χ0v) is 12.6. The van der Waals surface area contributed by atoms with Gasteiger partial charge in [-0.1, -0.05) is 12.1 Å². The van der Waals surface area contributed by atoms with Crippen molar-refractivity contribution in [3.63, 3.8) is 0 Å². The van der Waals surface area contributed by atoms with Gasteiger partial charge in [0.1, 0.15) is 5.75 Å². The van der Waals surface area contributed by atoms with Gasteiger partial charge in [-0.05, 0) is 43.4 Å². The molecule has 0 unspecified atom stereocenters. The summed E-state index contributed by atoms with van der Waals surface area (Å²) in [5, 5.41) is 3.16.